The smallest absolute Gasteiger partial charge is 0.143 e. The molecule has 0 unspecified atom stereocenters. The molecule has 92 valence electrons. The average molecular weight is 231 g/mol. The second-order valence-electron chi connectivity index (χ2n) is 5.03. The standard InChI is InChI=1S/C14H21N3/c1-9(2)6-13-12(10(3)4)7-11(8-15)14(16-5)17-13/h7,9-10H,6H2,1-5H3,(H,16,17). The number of hydrogen-bond donors (Lipinski definition) is 1. The first-order chi connectivity index (χ1) is 7.99. The second-order valence-corrected chi connectivity index (χ2v) is 5.03. The maximum absolute atomic E-state index is 9.10. The van der Waals surface area contributed by atoms with Crippen LogP contribution in [0.3, 0.4) is 0 Å². The topological polar surface area (TPSA) is 48.7 Å². The summed E-state index contributed by atoms with van der Waals surface area (Å²) in [4.78, 5) is 4.59. The van der Waals surface area contributed by atoms with Crippen LogP contribution in [0.15, 0.2) is 6.07 Å². The van der Waals surface area contributed by atoms with E-state index >= 15 is 0 Å². The normalized spacial score (nSPS) is 10.7. The van der Waals surface area contributed by atoms with E-state index in [9.17, 15) is 0 Å². The zero-order valence-corrected chi connectivity index (χ0v) is 11.3. The van der Waals surface area contributed by atoms with Crippen LogP contribution in [0.1, 0.15) is 50.4 Å². The van der Waals surface area contributed by atoms with Crippen molar-refractivity contribution in [3.63, 3.8) is 0 Å². The quantitative estimate of drug-likeness (QED) is 0.864. The third kappa shape index (κ3) is 3.20. The van der Waals surface area contributed by atoms with Crippen LogP contribution in [0.2, 0.25) is 0 Å². The van der Waals surface area contributed by atoms with E-state index in [0.29, 0.717) is 23.2 Å². The maximum Gasteiger partial charge on any atom is 0.143 e. The zero-order valence-electron chi connectivity index (χ0n) is 11.3. The first kappa shape index (κ1) is 13.5. The van der Waals surface area contributed by atoms with Crippen molar-refractivity contribution in [2.45, 2.75) is 40.0 Å². The number of nitrogens with one attached hydrogen (secondary N) is 1. The summed E-state index contributed by atoms with van der Waals surface area (Å²) in [7, 11) is 1.80. The van der Waals surface area contributed by atoms with Gasteiger partial charge in [0.2, 0.25) is 0 Å². The first-order valence-corrected chi connectivity index (χ1v) is 6.11. The van der Waals surface area contributed by atoms with Crippen molar-refractivity contribution in [2.24, 2.45) is 5.92 Å². The van der Waals surface area contributed by atoms with Crippen molar-refractivity contribution >= 4 is 5.82 Å². The number of nitriles is 1. The summed E-state index contributed by atoms with van der Waals surface area (Å²) in [6.07, 6.45) is 0.952. The summed E-state index contributed by atoms with van der Waals surface area (Å²) in [6.45, 7) is 8.65. The van der Waals surface area contributed by atoms with Gasteiger partial charge in [-0.15, -0.1) is 0 Å². The van der Waals surface area contributed by atoms with Gasteiger partial charge in [-0.2, -0.15) is 5.26 Å². The molecule has 17 heavy (non-hydrogen) atoms. The molecular weight excluding hydrogens is 210 g/mol. The van der Waals surface area contributed by atoms with Crippen LogP contribution in [-0.2, 0) is 6.42 Å². The minimum Gasteiger partial charge on any atom is -0.372 e. The molecule has 3 heteroatoms. The maximum atomic E-state index is 9.10. The van der Waals surface area contributed by atoms with E-state index in [1.807, 2.05) is 6.07 Å². The Kier molecular flexibility index (Phi) is 4.51. The van der Waals surface area contributed by atoms with Crippen molar-refractivity contribution in [2.75, 3.05) is 12.4 Å². The van der Waals surface area contributed by atoms with Gasteiger partial charge < -0.3 is 5.32 Å². The van der Waals surface area contributed by atoms with Gasteiger partial charge in [0.05, 0.1) is 5.56 Å². The van der Waals surface area contributed by atoms with Gasteiger partial charge in [0.15, 0.2) is 0 Å². The molecule has 1 aromatic rings. The predicted molar refractivity (Wildman–Crippen MR) is 71.1 cm³/mol. The van der Waals surface area contributed by atoms with Crippen LogP contribution in [0.4, 0.5) is 5.82 Å². The molecule has 1 heterocycles. The van der Waals surface area contributed by atoms with Crippen molar-refractivity contribution in [1.29, 1.82) is 5.26 Å². The van der Waals surface area contributed by atoms with E-state index in [0.717, 1.165) is 12.1 Å². The van der Waals surface area contributed by atoms with Crippen LogP contribution in [0.25, 0.3) is 0 Å². The summed E-state index contributed by atoms with van der Waals surface area (Å²) in [6, 6.07) is 4.17. The fourth-order valence-electron chi connectivity index (χ4n) is 1.89. The molecule has 1 aromatic heterocycles. The van der Waals surface area contributed by atoms with Crippen LogP contribution in [0.5, 0.6) is 0 Å². The molecule has 0 bridgehead atoms. The summed E-state index contributed by atoms with van der Waals surface area (Å²) < 4.78 is 0. The minimum atomic E-state index is 0.397. The number of hydrogen-bond acceptors (Lipinski definition) is 3. The number of pyridine rings is 1. The minimum absolute atomic E-state index is 0.397. The Morgan fingerprint density at radius 1 is 1.35 bits per heavy atom. The van der Waals surface area contributed by atoms with Gasteiger partial charge in [-0.05, 0) is 29.9 Å². The van der Waals surface area contributed by atoms with Gasteiger partial charge in [-0.25, -0.2) is 4.98 Å². The number of aromatic nitrogens is 1. The third-order valence-electron chi connectivity index (χ3n) is 2.72. The average Bonchev–Trinajstić information content (AvgIpc) is 2.27. The predicted octanol–water partition coefficient (Wildman–Crippen LogP) is 3.32. The molecule has 0 aliphatic carbocycles. The molecule has 0 amide bonds. The largest absolute Gasteiger partial charge is 0.372 e. The molecule has 1 rings (SSSR count). The highest BCUT2D eigenvalue weighted by Gasteiger charge is 2.14. The highest BCUT2D eigenvalue weighted by atomic mass is 15.0. The molecule has 0 atom stereocenters. The zero-order chi connectivity index (χ0) is 13.0. The Morgan fingerprint density at radius 2 is 2.00 bits per heavy atom. The molecule has 1 N–H and O–H groups in total. The van der Waals surface area contributed by atoms with Crippen LogP contribution < -0.4 is 5.32 Å². The Balaban J connectivity index is 3.31. The molecule has 3 nitrogen and oxygen atoms in total. The third-order valence-corrected chi connectivity index (χ3v) is 2.72. The number of rotatable bonds is 4. The molecule has 0 aromatic carbocycles. The van der Waals surface area contributed by atoms with Crippen molar-refractivity contribution in [1.82, 2.24) is 4.98 Å². The monoisotopic (exact) mass is 231 g/mol. The Morgan fingerprint density at radius 3 is 2.41 bits per heavy atom. The Hall–Kier alpha value is -1.56. The molecule has 0 spiro atoms. The molecule has 0 aliphatic rings. The van der Waals surface area contributed by atoms with Crippen molar-refractivity contribution < 1.29 is 0 Å². The second kappa shape index (κ2) is 5.67. The number of nitrogens with zero attached hydrogens (tertiary/aromatic N) is 2. The van der Waals surface area contributed by atoms with E-state index in [2.05, 4.69) is 44.1 Å². The molecule has 0 fully saturated rings. The van der Waals surface area contributed by atoms with E-state index in [-0.39, 0.29) is 0 Å². The molecule has 0 saturated heterocycles. The summed E-state index contributed by atoms with van der Waals surface area (Å²) in [5.74, 6) is 1.65. The molecule has 0 aliphatic heterocycles. The van der Waals surface area contributed by atoms with Gasteiger partial charge in [-0.3, -0.25) is 0 Å². The van der Waals surface area contributed by atoms with Crippen molar-refractivity contribution in [3.8, 4) is 6.07 Å². The van der Waals surface area contributed by atoms with Gasteiger partial charge in [-0.1, -0.05) is 27.7 Å². The highest BCUT2D eigenvalue weighted by molar-refractivity contribution is 5.54. The first-order valence-electron chi connectivity index (χ1n) is 6.11. The molecule has 0 radical (unpaired) electrons. The van der Waals surface area contributed by atoms with Crippen LogP contribution >= 0.6 is 0 Å². The lowest BCUT2D eigenvalue weighted by Gasteiger charge is -2.16. The van der Waals surface area contributed by atoms with Crippen LogP contribution in [0, 0.1) is 17.2 Å². The van der Waals surface area contributed by atoms with Crippen LogP contribution in [-0.4, -0.2) is 12.0 Å². The highest BCUT2D eigenvalue weighted by Crippen LogP contribution is 2.25. The SMILES string of the molecule is CNc1nc(CC(C)C)c(C(C)C)cc1C#N. The Labute approximate surface area is 104 Å². The van der Waals surface area contributed by atoms with E-state index < -0.39 is 0 Å². The summed E-state index contributed by atoms with van der Waals surface area (Å²) in [5, 5.41) is 12.1. The lowest BCUT2D eigenvalue weighted by Crippen LogP contribution is -2.08. The summed E-state index contributed by atoms with van der Waals surface area (Å²) >= 11 is 0. The van der Waals surface area contributed by atoms with Gasteiger partial charge in [0, 0.05) is 12.7 Å². The van der Waals surface area contributed by atoms with Gasteiger partial charge in [0.25, 0.3) is 0 Å². The fraction of sp³-hybridized carbons (Fsp3) is 0.571. The van der Waals surface area contributed by atoms with E-state index in [1.54, 1.807) is 7.05 Å². The van der Waals surface area contributed by atoms with E-state index in [4.69, 9.17) is 5.26 Å². The molecular formula is C14H21N3. The molecule has 0 saturated carbocycles. The summed E-state index contributed by atoms with van der Waals surface area (Å²) in [5.41, 5.74) is 2.93. The fourth-order valence-corrected chi connectivity index (χ4v) is 1.89. The lowest BCUT2D eigenvalue weighted by atomic mass is 9.95. The lowest BCUT2D eigenvalue weighted by molar-refractivity contribution is 0.625. The Bertz CT molecular complexity index is 428. The van der Waals surface area contributed by atoms with E-state index in [1.165, 1.54) is 5.56 Å². The van der Waals surface area contributed by atoms with Gasteiger partial charge >= 0.3 is 0 Å². The van der Waals surface area contributed by atoms with Gasteiger partial charge in [0.1, 0.15) is 11.9 Å². The number of anilines is 1. The van der Waals surface area contributed by atoms with Crippen molar-refractivity contribution in [3.05, 3.63) is 22.9 Å².